The Morgan fingerprint density at radius 1 is 1.20 bits per heavy atom. The summed E-state index contributed by atoms with van der Waals surface area (Å²) in [4.78, 5) is 0. The molecular formula is C4H12Pb. The number of hydrogen-bond donors (Lipinski definition) is 0. The quantitative estimate of drug-likeness (QED) is 0.656. The molecule has 5 heavy (non-hydrogen) atoms. The van der Waals surface area contributed by atoms with Crippen LogP contribution in [0.5, 0.6) is 0 Å². The molecule has 0 nitrogen and oxygen atoms in total. The van der Waals surface area contributed by atoms with E-state index in [1.807, 2.05) is 0 Å². The summed E-state index contributed by atoms with van der Waals surface area (Å²) < 4.78 is 3.13. The van der Waals surface area contributed by atoms with Crippen molar-refractivity contribution in [2.45, 2.75) is 21.8 Å². The molecule has 0 saturated heterocycles. The van der Waals surface area contributed by atoms with Crippen molar-refractivity contribution in [2.24, 2.45) is 0 Å². The van der Waals surface area contributed by atoms with Gasteiger partial charge in [-0.05, 0) is 0 Å². The minimum atomic E-state index is -0.142. The molecule has 0 heterocycles. The van der Waals surface area contributed by atoms with Crippen LogP contribution in [0.2, 0.25) is 7.96 Å². The van der Waals surface area contributed by atoms with Crippen molar-refractivity contribution >= 4 is 24.2 Å². The monoisotopic (exact) mass is 268 g/mol. The molecule has 0 aromatic rings. The minimum absolute atomic E-state index is 0.142. The fourth-order valence-corrected chi connectivity index (χ4v) is 3.10. The Kier molecular flexibility index (Phi) is 5.83. The Morgan fingerprint density at radius 3 is 1.60 bits per heavy atom. The van der Waals surface area contributed by atoms with Gasteiger partial charge in [0.2, 0.25) is 0 Å². The molecule has 0 N–H and O–H groups in total. The second-order valence-electron chi connectivity index (χ2n) is 1.35. The summed E-state index contributed by atoms with van der Waals surface area (Å²) in [7, 11) is 0. The van der Waals surface area contributed by atoms with Crippen LogP contribution in [-0.2, 0) is 0 Å². The van der Waals surface area contributed by atoms with Gasteiger partial charge in [-0.25, -0.2) is 0 Å². The third-order valence-electron chi connectivity index (χ3n) is 0.707. The second-order valence-corrected chi connectivity index (χ2v) is 11.9. The summed E-state index contributed by atoms with van der Waals surface area (Å²) >= 11 is -0.142. The Morgan fingerprint density at radius 2 is 1.60 bits per heavy atom. The summed E-state index contributed by atoms with van der Waals surface area (Å²) in [6, 6.07) is 0. The van der Waals surface area contributed by atoms with Crippen molar-refractivity contribution in [1.29, 1.82) is 0 Å². The average Bonchev–Trinajstić information content (AvgIpc) is 1.41. The molecule has 0 unspecified atom stereocenters. The van der Waals surface area contributed by atoms with Crippen LogP contribution in [0.3, 0.4) is 0 Å². The van der Waals surface area contributed by atoms with Gasteiger partial charge in [0.05, 0.1) is 0 Å². The molecule has 0 saturated carbocycles. The molecular weight excluding hydrogens is 255 g/mol. The number of rotatable bonds is 2. The van der Waals surface area contributed by atoms with Crippen molar-refractivity contribution < 1.29 is 0 Å². The van der Waals surface area contributed by atoms with Gasteiger partial charge in [-0.1, -0.05) is 0 Å². The van der Waals surface area contributed by atoms with Crippen molar-refractivity contribution in [3.63, 3.8) is 0 Å². The van der Waals surface area contributed by atoms with Crippen molar-refractivity contribution in [2.75, 3.05) is 0 Å². The topological polar surface area (TPSA) is 0 Å². The third kappa shape index (κ3) is 4.92. The first-order valence-electron chi connectivity index (χ1n) is 2.41. The molecule has 0 atom stereocenters. The number of hydrogen-bond acceptors (Lipinski definition) is 0. The Labute approximate surface area is 46.2 Å². The molecule has 0 aliphatic carbocycles. The van der Waals surface area contributed by atoms with Crippen molar-refractivity contribution in [3.8, 4) is 0 Å². The van der Waals surface area contributed by atoms with E-state index in [9.17, 15) is 0 Å². The van der Waals surface area contributed by atoms with Gasteiger partial charge in [0.15, 0.2) is 0 Å². The summed E-state index contributed by atoms with van der Waals surface area (Å²) in [5.74, 6) is 0. The summed E-state index contributed by atoms with van der Waals surface area (Å²) in [5, 5.41) is 0. The molecule has 0 aromatic heterocycles. The SMILES string of the molecule is C[CH2][PbH2][CH2]C. The normalized spacial score (nSPS) is 8.40. The Balaban J connectivity index is 2.19. The van der Waals surface area contributed by atoms with E-state index in [4.69, 9.17) is 0 Å². The molecule has 0 fully saturated rings. The van der Waals surface area contributed by atoms with Crippen LogP contribution >= 0.6 is 0 Å². The van der Waals surface area contributed by atoms with Crippen LogP contribution in [0.1, 0.15) is 13.8 Å². The first kappa shape index (κ1) is 5.92. The van der Waals surface area contributed by atoms with E-state index >= 15 is 0 Å². The predicted octanol–water partition coefficient (Wildman–Crippen LogP) is 1.03. The van der Waals surface area contributed by atoms with Crippen LogP contribution in [0, 0.1) is 0 Å². The van der Waals surface area contributed by atoms with Gasteiger partial charge in [0, 0.05) is 0 Å². The van der Waals surface area contributed by atoms with Gasteiger partial charge in [-0.2, -0.15) is 0 Å². The fraction of sp³-hybridized carbons (Fsp3) is 1.00. The molecule has 0 spiro atoms. The van der Waals surface area contributed by atoms with Gasteiger partial charge in [0.25, 0.3) is 0 Å². The zero-order chi connectivity index (χ0) is 4.12. The second kappa shape index (κ2) is 4.92. The zero-order valence-electron chi connectivity index (χ0n) is 4.12. The maximum atomic E-state index is 2.31. The zero-order valence-corrected chi connectivity index (χ0v) is 9.62. The standard InChI is InChI=1S/2C2H5.Pb.2H/c2*1-2;;;/h2*1H2,2H3;;;. The molecule has 0 aliphatic rings. The van der Waals surface area contributed by atoms with E-state index in [-0.39, 0.29) is 24.2 Å². The van der Waals surface area contributed by atoms with Gasteiger partial charge in [-0.15, -0.1) is 0 Å². The first-order chi connectivity index (χ1) is 2.41. The summed E-state index contributed by atoms with van der Waals surface area (Å²) in [5.41, 5.74) is 0. The summed E-state index contributed by atoms with van der Waals surface area (Å²) in [6.07, 6.45) is 0. The summed E-state index contributed by atoms with van der Waals surface area (Å²) in [6.45, 7) is 4.62. The van der Waals surface area contributed by atoms with E-state index in [0.717, 1.165) is 0 Å². The predicted molar refractivity (Wildman–Crippen MR) is 29.5 cm³/mol. The molecule has 1 heteroatoms. The van der Waals surface area contributed by atoms with Crippen molar-refractivity contribution in [3.05, 3.63) is 0 Å². The van der Waals surface area contributed by atoms with Crippen LogP contribution in [0.25, 0.3) is 0 Å². The van der Waals surface area contributed by atoms with E-state index in [1.54, 1.807) is 7.96 Å². The Hall–Kier alpha value is 0.922. The molecule has 0 rings (SSSR count). The van der Waals surface area contributed by atoms with Crippen LogP contribution in [0.15, 0.2) is 0 Å². The molecule has 0 amide bonds. The Bertz CT molecular complexity index is 11.1. The third-order valence-corrected chi connectivity index (χ3v) is 6.20. The molecule has 0 radical (unpaired) electrons. The van der Waals surface area contributed by atoms with E-state index < -0.39 is 0 Å². The van der Waals surface area contributed by atoms with Gasteiger partial charge in [-0.3, -0.25) is 0 Å². The van der Waals surface area contributed by atoms with Gasteiger partial charge in [0.1, 0.15) is 0 Å². The maximum absolute atomic E-state index is 2.31. The van der Waals surface area contributed by atoms with Crippen molar-refractivity contribution in [1.82, 2.24) is 0 Å². The van der Waals surface area contributed by atoms with Gasteiger partial charge < -0.3 is 0 Å². The van der Waals surface area contributed by atoms with Crippen LogP contribution in [-0.4, -0.2) is 24.2 Å². The van der Waals surface area contributed by atoms with Crippen LogP contribution < -0.4 is 0 Å². The van der Waals surface area contributed by atoms with E-state index in [0.29, 0.717) is 0 Å². The fourth-order valence-electron chi connectivity index (χ4n) is 0.354. The van der Waals surface area contributed by atoms with Gasteiger partial charge >= 0.3 is 46.0 Å². The molecule has 0 aliphatic heterocycles. The molecule has 0 bridgehead atoms. The first-order valence-corrected chi connectivity index (χ1v) is 10.2. The van der Waals surface area contributed by atoms with Crippen LogP contribution in [0.4, 0.5) is 0 Å². The molecule has 32 valence electrons. The van der Waals surface area contributed by atoms with E-state index in [1.165, 1.54) is 0 Å². The van der Waals surface area contributed by atoms with E-state index in [2.05, 4.69) is 13.8 Å². The average molecular weight is 267 g/mol. The molecule has 0 aromatic carbocycles.